The third-order valence-corrected chi connectivity index (χ3v) is 10.2. The van der Waals surface area contributed by atoms with E-state index in [1.54, 1.807) is 0 Å². The summed E-state index contributed by atoms with van der Waals surface area (Å²) in [5.74, 6) is -13.2. The van der Waals surface area contributed by atoms with Crippen molar-refractivity contribution in [3.05, 3.63) is 61.8 Å². The zero-order chi connectivity index (χ0) is 60.8. The Balaban J connectivity index is -0.000000209. The molecule has 2 aliphatic carbocycles. The molecule has 0 radical (unpaired) electrons. The monoisotopic (exact) mass is 1550 g/mol. The Morgan fingerprint density at radius 2 is 0.723 bits per heavy atom. The van der Waals surface area contributed by atoms with E-state index in [9.17, 15) is 57.5 Å². The number of nitrogens with one attached hydrogen (secondary N) is 2. The first-order valence-electron chi connectivity index (χ1n) is 23.7. The van der Waals surface area contributed by atoms with Gasteiger partial charge in [-0.05, 0) is 0 Å². The van der Waals surface area contributed by atoms with Crippen molar-refractivity contribution in [3.8, 4) is 0 Å². The maximum absolute atomic E-state index is 11.1. The van der Waals surface area contributed by atoms with Crippen molar-refractivity contribution in [2.75, 3.05) is 39.5 Å². The van der Waals surface area contributed by atoms with Crippen molar-refractivity contribution >= 4 is 95.1 Å². The number of nitrogens with zero attached hydrogens (tertiary/aromatic N) is 3. The van der Waals surface area contributed by atoms with Crippen molar-refractivity contribution in [1.29, 1.82) is 0 Å². The topological polar surface area (TPSA) is 563 Å². The quantitative estimate of drug-likeness (QED) is 0.0271. The van der Waals surface area contributed by atoms with E-state index in [2.05, 4.69) is 28.1 Å². The second-order valence-electron chi connectivity index (χ2n) is 16.3. The normalized spacial score (nSPS) is 18.3. The molecule has 4 atom stereocenters. The van der Waals surface area contributed by atoms with E-state index in [1.807, 2.05) is 0 Å². The molecule has 4 aliphatic heterocycles. The third-order valence-electron chi connectivity index (χ3n) is 10.2. The maximum Gasteiger partial charge on any atom is 2.00 e. The van der Waals surface area contributed by atoms with Gasteiger partial charge >= 0.3 is 102 Å². The average Bonchev–Trinajstić information content (AvgIpc) is 4.13. The number of aliphatic hydroxyl groups is 1. The minimum Gasteiger partial charge on any atom is -0.677 e. The molecule has 2 saturated carbocycles. The van der Waals surface area contributed by atoms with E-state index in [-0.39, 0.29) is 155 Å². The average molecular weight is 1550 g/mol. The SMILES string of the molecule is O.O.O=C(O)C(=O)O.O=C(O)C(=O)O.O=C(O)CCC(=O)OCCN1C(=O)C=CC1=O.O=C(O)CCC(=O)OCCN1C(=O)C=CC1=O.O=C1C=CC(=O)N1CCO.O=C1CCC(=O)O1.[CH2-][C@@H]1CCCC[C@H]1[NH-].[CH2-][C@@H]1CCCC[C@H]1[NH-].[Pt+2].[Pt+2]. The Hall–Kier alpha value is -7.28. The van der Waals surface area contributed by atoms with E-state index < -0.39 is 83.3 Å². The van der Waals surface area contributed by atoms with Gasteiger partial charge in [-0.3, -0.25) is 72.2 Å². The molecule has 3 fully saturated rings. The van der Waals surface area contributed by atoms with Gasteiger partial charge in [0, 0.05) is 36.5 Å². The number of aliphatic carboxylic acids is 6. The first-order chi connectivity index (χ1) is 36.9. The molecule has 0 aromatic carbocycles. The fraction of sp³-hybridized carbons (Fsp3) is 0.500. The van der Waals surface area contributed by atoms with Gasteiger partial charge in [-0.2, -0.15) is 23.9 Å². The molecule has 0 aromatic heterocycles. The van der Waals surface area contributed by atoms with E-state index in [0.29, 0.717) is 11.8 Å². The molecular formula is C48H67N5O28Pt2. The second kappa shape index (κ2) is 49.3. The number of ether oxygens (including phenoxy) is 3. The number of amides is 6. The number of hydrogen-bond donors (Lipinski definition) is 7. The first kappa shape index (κ1) is 87.0. The predicted molar refractivity (Wildman–Crippen MR) is 269 cm³/mol. The molecule has 35 heteroatoms. The van der Waals surface area contributed by atoms with Crippen LogP contribution in [0.2, 0.25) is 0 Å². The largest absolute Gasteiger partial charge is 2.00 e. The van der Waals surface area contributed by atoms with Crippen LogP contribution >= 0.6 is 0 Å². The van der Waals surface area contributed by atoms with Crippen molar-refractivity contribution in [1.82, 2.24) is 14.7 Å². The van der Waals surface area contributed by atoms with Crippen molar-refractivity contribution < 1.29 is 180 Å². The van der Waals surface area contributed by atoms with Crippen molar-refractivity contribution in [2.45, 2.75) is 102 Å². The number of imide groups is 3. The molecule has 0 unspecified atom stereocenters. The molecule has 0 bridgehead atoms. The number of rotatable bonds is 14. The van der Waals surface area contributed by atoms with E-state index in [1.165, 1.54) is 50.7 Å². The number of carbonyl (C=O) groups is 16. The fourth-order valence-corrected chi connectivity index (χ4v) is 5.97. The van der Waals surface area contributed by atoms with Gasteiger partial charge in [0.1, 0.15) is 13.2 Å². The van der Waals surface area contributed by atoms with Crippen LogP contribution in [0.1, 0.15) is 89.9 Å². The minimum atomic E-state index is -1.82. The van der Waals surface area contributed by atoms with Gasteiger partial charge in [-0.15, -0.1) is 0 Å². The summed E-state index contributed by atoms with van der Waals surface area (Å²) < 4.78 is 13.4. The van der Waals surface area contributed by atoms with Crippen LogP contribution in [-0.4, -0.2) is 208 Å². The molecule has 33 nitrogen and oxygen atoms in total. The summed E-state index contributed by atoms with van der Waals surface area (Å²) in [6.07, 6.45) is 16.0. The maximum atomic E-state index is 11.1. The summed E-state index contributed by atoms with van der Waals surface area (Å²) in [4.78, 5) is 167. The van der Waals surface area contributed by atoms with E-state index in [0.717, 1.165) is 51.8 Å². The van der Waals surface area contributed by atoms with Crippen LogP contribution < -0.4 is 0 Å². The molecule has 83 heavy (non-hydrogen) atoms. The van der Waals surface area contributed by atoms with Gasteiger partial charge in [0.15, 0.2) is 0 Å². The Labute approximate surface area is 502 Å². The molecule has 0 aromatic rings. The Morgan fingerprint density at radius 1 is 0.470 bits per heavy atom. The van der Waals surface area contributed by atoms with E-state index >= 15 is 0 Å². The number of carbonyl (C=O) groups excluding carboxylic acids is 10. The van der Waals surface area contributed by atoms with Crippen LogP contribution in [0.15, 0.2) is 36.5 Å². The number of cyclic esters (lactones) is 2. The summed E-state index contributed by atoms with van der Waals surface area (Å²) >= 11 is 0. The molecule has 4 heterocycles. The Bertz CT molecular complexity index is 2060. The number of carboxylic acids is 6. The molecule has 0 spiro atoms. The van der Waals surface area contributed by atoms with Gasteiger partial charge in [-0.25, -0.2) is 19.2 Å². The zero-order valence-corrected chi connectivity index (χ0v) is 48.7. The second-order valence-corrected chi connectivity index (χ2v) is 16.3. The number of aliphatic hydroxyl groups excluding tert-OH is 1. The smallest absolute Gasteiger partial charge is 0.677 e. The number of β-amino-alcohol motifs (C(OH)–C–C–N with tert-alkyl or cyclic N) is 1. The van der Waals surface area contributed by atoms with Gasteiger partial charge in [-0.1, -0.05) is 51.4 Å². The summed E-state index contributed by atoms with van der Waals surface area (Å²) in [6, 6.07) is 0.285. The molecule has 13 N–H and O–H groups in total. The molecule has 1 saturated heterocycles. The Kier molecular flexibility index (Phi) is 51.7. The van der Waals surface area contributed by atoms with Crippen LogP contribution in [0.5, 0.6) is 0 Å². The van der Waals surface area contributed by atoms with Crippen molar-refractivity contribution in [3.63, 3.8) is 0 Å². The fourth-order valence-electron chi connectivity index (χ4n) is 5.97. The first-order valence-corrected chi connectivity index (χ1v) is 23.7. The standard InChI is InChI=1S/2C10H11NO6.2C7H13N.C6H7NO3.C4H4O3.2C2H2O4.2H2O.2Pt/c2*12-7-1-2-8(13)11(7)5-6-17-10(16)4-3-9(14)15;2*1-6-4-2-3-5-7(6)8;8-4-3-7-5(9)1-2-6(7)10;5-3-1-2-4(6)7-3;2*3-1(4)2(5)6;;;;/h2*1-2H,3-6H2,(H,14,15);2*6-8H,1-5H2;1-2,8H,3-4H2;1-2H2;2*(H,3,4)(H,5,6);2*1H2;;/q;;2*-2;;;;;;;2*+2/t;;2*6-,7-;;;;;;;;/m..11......../s1. The minimum absolute atomic E-state index is 0. The van der Waals surface area contributed by atoms with Gasteiger partial charge in [0.25, 0.3) is 35.4 Å². The van der Waals surface area contributed by atoms with Crippen molar-refractivity contribution in [2.24, 2.45) is 11.8 Å². The van der Waals surface area contributed by atoms with Gasteiger partial charge < -0.3 is 86.2 Å². The number of hydrogen-bond acceptors (Lipinski definition) is 20. The third kappa shape index (κ3) is 43.1. The zero-order valence-electron chi connectivity index (χ0n) is 44.2. The van der Waals surface area contributed by atoms with Crippen LogP contribution in [0.25, 0.3) is 11.5 Å². The molecule has 6 rings (SSSR count). The molecule has 472 valence electrons. The summed E-state index contributed by atoms with van der Waals surface area (Å²) in [6.45, 7) is 7.39. The van der Waals surface area contributed by atoms with Crippen LogP contribution in [0.4, 0.5) is 0 Å². The molecule has 6 amide bonds. The molecular weight excluding hydrogens is 1480 g/mol. The van der Waals surface area contributed by atoms with E-state index in [4.69, 9.17) is 66.4 Å². The van der Waals surface area contributed by atoms with Crippen LogP contribution in [0, 0.1) is 25.7 Å². The summed E-state index contributed by atoms with van der Waals surface area (Å²) in [5, 5.41) is 54.6. The van der Waals surface area contributed by atoms with Gasteiger partial charge in [0.2, 0.25) is 0 Å². The molecule has 6 aliphatic rings. The Morgan fingerprint density at radius 3 is 0.904 bits per heavy atom. The van der Waals surface area contributed by atoms with Gasteiger partial charge in [0.05, 0.1) is 64.8 Å². The number of carboxylic acid groups (broad SMARTS) is 6. The number of esters is 4. The summed E-state index contributed by atoms with van der Waals surface area (Å²) in [7, 11) is 0. The van der Waals surface area contributed by atoms with Crippen LogP contribution in [-0.2, 0) is 133 Å². The van der Waals surface area contributed by atoms with Crippen LogP contribution in [0.3, 0.4) is 0 Å². The summed E-state index contributed by atoms with van der Waals surface area (Å²) in [5.41, 5.74) is 14.8. The predicted octanol–water partition coefficient (Wildman–Crippen LogP) is -1.09.